The van der Waals surface area contributed by atoms with Gasteiger partial charge in [0, 0.05) is 37.3 Å². The van der Waals surface area contributed by atoms with E-state index in [-0.39, 0.29) is 0 Å². The van der Waals surface area contributed by atoms with E-state index in [9.17, 15) is 4.79 Å². The molecule has 138 valence electrons. The molecule has 1 fully saturated rings. The van der Waals surface area contributed by atoms with E-state index in [4.69, 9.17) is 9.47 Å². The highest BCUT2D eigenvalue weighted by Crippen LogP contribution is 2.33. The van der Waals surface area contributed by atoms with Gasteiger partial charge in [-0.15, -0.1) is 0 Å². The second-order valence-electron chi connectivity index (χ2n) is 7.07. The molecule has 1 N–H and O–H groups in total. The van der Waals surface area contributed by atoms with Gasteiger partial charge in [-0.1, -0.05) is 26.7 Å². The summed E-state index contributed by atoms with van der Waals surface area (Å²) in [6.07, 6.45) is 4.98. The van der Waals surface area contributed by atoms with Crippen LogP contribution in [0.15, 0.2) is 18.2 Å². The van der Waals surface area contributed by atoms with E-state index in [0.29, 0.717) is 37.5 Å². The second-order valence-corrected chi connectivity index (χ2v) is 7.07. The summed E-state index contributed by atoms with van der Waals surface area (Å²) in [4.78, 5) is 14.6. The predicted molar refractivity (Wildman–Crippen MR) is 99.3 cm³/mol. The van der Waals surface area contributed by atoms with Crippen LogP contribution < -0.4 is 14.8 Å². The van der Waals surface area contributed by atoms with Crippen LogP contribution in [0.2, 0.25) is 0 Å². The van der Waals surface area contributed by atoms with Crippen LogP contribution in [0.25, 0.3) is 0 Å². The summed E-state index contributed by atoms with van der Waals surface area (Å²) < 4.78 is 11.2. The predicted octanol–water partition coefficient (Wildman–Crippen LogP) is 3.69. The second kappa shape index (κ2) is 8.45. The first-order chi connectivity index (χ1) is 12.2. The molecule has 1 aromatic rings. The van der Waals surface area contributed by atoms with Gasteiger partial charge in [-0.05, 0) is 30.9 Å². The number of nitrogens with one attached hydrogen (secondary N) is 1. The SMILES string of the molecule is CCC(CC)CC(=O)N1CCC[C@@H](Nc2ccc3c(c2)OCCO3)C1. The van der Waals surface area contributed by atoms with Gasteiger partial charge in [0.2, 0.25) is 5.91 Å². The number of ether oxygens (including phenoxy) is 2. The highest BCUT2D eigenvalue weighted by molar-refractivity contribution is 5.76. The fourth-order valence-electron chi connectivity index (χ4n) is 3.64. The van der Waals surface area contributed by atoms with E-state index >= 15 is 0 Å². The number of anilines is 1. The van der Waals surface area contributed by atoms with Gasteiger partial charge in [-0.3, -0.25) is 4.79 Å². The van der Waals surface area contributed by atoms with Crippen molar-refractivity contribution in [3.8, 4) is 11.5 Å². The average molecular weight is 346 g/mol. The first-order valence-corrected chi connectivity index (χ1v) is 9.63. The lowest BCUT2D eigenvalue weighted by Crippen LogP contribution is -2.45. The maximum Gasteiger partial charge on any atom is 0.222 e. The Morgan fingerprint density at radius 2 is 2.00 bits per heavy atom. The number of piperidine rings is 1. The van der Waals surface area contributed by atoms with Crippen molar-refractivity contribution in [2.75, 3.05) is 31.6 Å². The summed E-state index contributed by atoms with van der Waals surface area (Å²) in [5, 5.41) is 3.57. The number of hydrogen-bond acceptors (Lipinski definition) is 4. The smallest absolute Gasteiger partial charge is 0.222 e. The summed E-state index contributed by atoms with van der Waals surface area (Å²) in [5.41, 5.74) is 1.03. The zero-order chi connectivity index (χ0) is 17.6. The van der Waals surface area contributed by atoms with Crippen molar-refractivity contribution in [3.63, 3.8) is 0 Å². The van der Waals surface area contributed by atoms with Gasteiger partial charge in [-0.2, -0.15) is 0 Å². The highest BCUT2D eigenvalue weighted by atomic mass is 16.6. The van der Waals surface area contributed by atoms with Crippen molar-refractivity contribution in [3.05, 3.63) is 18.2 Å². The first-order valence-electron chi connectivity index (χ1n) is 9.63. The molecule has 1 aromatic carbocycles. The van der Waals surface area contributed by atoms with E-state index in [2.05, 4.69) is 19.2 Å². The third-order valence-electron chi connectivity index (χ3n) is 5.31. The normalized spacial score (nSPS) is 19.8. The van der Waals surface area contributed by atoms with E-state index < -0.39 is 0 Å². The number of carbonyl (C=O) groups excluding carboxylic acids is 1. The van der Waals surface area contributed by atoms with Crippen LogP contribution in [0, 0.1) is 5.92 Å². The quantitative estimate of drug-likeness (QED) is 0.853. The van der Waals surface area contributed by atoms with Gasteiger partial charge in [0.25, 0.3) is 0 Å². The van der Waals surface area contributed by atoms with Crippen molar-refractivity contribution in [2.24, 2.45) is 5.92 Å². The molecule has 2 aliphatic heterocycles. The fraction of sp³-hybridized carbons (Fsp3) is 0.650. The van der Waals surface area contributed by atoms with Crippen LogP contribution in [0.1, 0.15) is 46.0 Å². The maximum absolute atomic E-state index is 12.6. The first kappa shape index (κ1) is 17.9. The van der Waals surface area contributed by atoms with Crippen LogP contribution in [0.4, 0.5) is 5.69 Å². The third kappa shape index (κ3) is 4.59. The minimum Gasteiger partial charge on any atom is -0.486 e. The Morgan fingerprint density at radius 3 is 2.76 bits per heavy atom. The lowest BCUT2D eigenvalue weighted by molar-refractivity contribution is -0.133. The molecule has 5 nitrogen and oxygen atoms in total. The van der Waals surface area contributed by atoms with Crippen molar-refractivity contribution in [1.82, 2.24) is 4.90 Å². The molecule has 3 rings (SSSR count). The van der Waals surface area contributed by atoms with Crippen LogP contribution in [-0.4, -0.2) is 43.2 Å². The summed E-state index contributed by atoms with van der Waals surface area (Å²) in [6.45, 7) is 7.22. The molecule has 0 radical (unpaired) electrons. The van der Waals surface area contributed by atoms with Crippen molar-refractivity contribution in [2.45, 2.75) is 52.0 Å². The standard InChI is InChI=1S/C20H30N2O3/c1-3-15(4-2)12-20(23)22-9-5-6-17(14-22)21-16-7-8-18-19(13-16)25-11-10-24-18/h7-8,13,15,17,21H,3-6,9-12,14H2,1-2H3/t17-/m1/s1. The largest absolute Gasteiger partial charge is 0.486 e. The molecular formula is C20H30N2O3. The molecule has 0 unspecified atom stereocenters. The topological polar surface area (TPSA) is 50.8 Å². The molecule has 1 amide bonds. The molecule has 25 heavy (non-hydrogen) atoms. The highest BCUT2D eigenvalue weighted by Gasteiger charge is 2.25. The molecular weight excluding hydrogens is 316 g/mol. The molecule has 2 heterocycles. The zero-order valence-corrected chi connectivity index (χ0v) is 15.4. The van der Waals surface area contributed by atoms with E-state index in [1.54, 1.807) is 0 Å². The number of fused-ring (bicyclic) bond motifs is 1. The van der Waals surface area contributed by atoms with Gasteiger partial charge in [0.1, 0.15) is 13.2 Å². The monoisotopic (exact) mass is 346 g/mol. The Labute approximate surface area is 150 Å². The number of carbonyl (C=O) groups is 1. The van der Waals surface area contributed by atoms with Gasteiger partial charge in [-0.25, -0.2) is 0 Å². The average Bonchev–Trinajstić information content (AvgIpc) is 2.66. The van der Waals surface area contributed by atoms with Crippen molar-refractivity contribution in [1.29, 1.82) is 0 Å². The lowest BCUT2D eigenvalue weighted by Gasteiger charge is -2.34. The lowest BCUT2D eigenvalue weighted by atomic mass is 9.97. The van der Waals surface area contributed by atoms with E-state index in [1.165, 1.54) is 0 Å². The maximum atomic E-state index is 12.6. The Hall–Kier alpha value is -1.91. The minimum absolute atomic E-state index is 0.293. The fourth-order valence-corrected chi connectivity index (χ4v) is 3.64. The summed E-state index contributed by atoms with van der Waals surface area (Å²) in [6, 6.07) is 6.27. The number of benzene rings is 1. The molecule has 5 heteroatoms. The molecule has 0 bridgehead atoms. The third-order valence-corrected chi connectivity index (χ3v) is 5.31. The number of likely N-dealkylation sites (tertiary alicyclic amines) is 1. The van der Waals surface area contributed by atoms with Gasteiger partial charge in [0.15, 0.2) is 11.5 Å². The Morgan fingerprint density at radius 1 is 1.24 bits per heavy atom. The molecule has 0 saturated carbocycles. The summed E-state index contributed by atoms with van der Waals surface area (Å²) in [5.74, 6) is 2.43. The van der Waals surface area contributed by atoms with Gasteiger partial charge >= 0.3 is 0 Å². The van der Waals surface area contributed by atoms with Crippen molar-refractivity contribution >= 4 is 11.6 Å². The van der Waals surface area contributed by atoms with Gasteiger partial charge in [0.05, 0.1) is 0 Å². The van der Waals surface area contributed by atoms with Crippen LogP contribution in [0.5, 0.6) is 11.5 Å². The number of rotatable bonds is 6. The molecule has 0 spiro atoms. The Bertz CT molecular complexity index is 586. The molecule has 1 saturated heterocycles. The van der Waals surface area contributed by atoms with Crippen molar-refractivity contribution < 1.29 is 14.3 Å². The van der Waals surface area contributed by atoms with Gasteiger partial charge < -0.3 is 19.7 Å². The van der Waals surface area contributed by atoms with Crippen LogP contribution in [-0.2, 0) is 4.79 Å². The molecule has 0 aliphatic carbocycles. The molecule has 1 atom stereocenters. The Balaban J connectivity index is 1.57. The number of hydrogen-bond donors (Lipinski definition) is 1. The summed E-state index contributed by atoms with van der Waals surface area (Å²) in [7, 11) is 0. The van der Waals surface area contributed by atoms with E-state index in [0.717, 1.165) is 56.0 Å². The summed E-state index contributed by atoms with van der Waals surface area (Å²) >= 11 is 0. The molecule has 0 aromatic heterocycles. The van der Waals surface area contributed by atoms with E-state index in [1.807, 2.05) is 23.1 Å². The zero-order valence-electron chi connectivity index (χ0n) is 15.4. The number of amides is 1. The molecule has 2 aliphatic rings. The Kier molecular flexibility index (Phi) is 6.05. The van der Waals surface area contributed by atoms with Crippen LogP contribution in [0.3, 0.4) is 0 Å². The minimum atomic E-state index is 0.293. The number of nitrogens with zero attached hydrogens (tertiary/aromatic N) is 1. The van der Waals surface area contributed by atoms with Crippen LogP contribution >= 0.6 is 0 Å².